The molecule has 0 aromatic heterocycles. The van der Waals surface area contributed by atoms with Crippen molar-refractivity contribution >= 4 is 15.7 Å². The first kappa shape index (κ1) is 14.9. The molecule has 102 valence electrons. The van der Waals surface area contributed by atoms with Crippen molar-refractivity contribution in [3.8, 4) is 0 Å². The number of nitrogens with two attached hydrogens (primary N) is 1. The molecule has 0 fully saturated rings. The van der Waals surface area contributed by atoms with Gasteiger partial charge in [-0.3, -0.25) is 0 Å². The fourth-order valence-corrected chi connectivity index (χ4v) is 3.14. The second kappa shape index (κ2) is 6.72. The number of aliphatic hydroxyl groups excluding tert-OH is 1. The SMILES string of the molecule is CC(CCCO)NS(=O)(=O)Cc1cccc(N)c1. The van der Waals surface area contributed by atoms with E-state index in [1.54, 1.807) is 31.2 Å². The second-order valence-corrected chi connectivity index (χ2v) is 6.14. The van der Waals surface area contributed by atoms with Gasteiger partial charge >= 0.3 is 0 Å². The minimum absolute atomic E-state index is 0.0707. The maximum atomic E-state index is 11.9. The standard InChI is InChI=1S/C12H20N2O3S/c1-10(4-3-7-15)14-18(16,17)9-11-5-2-6-12(13)8-11/h2,5-6,8,10,14-15H,3-4,7,9,13H2,1H3. The number of nitrogens with one attached hydrogen (secondary N) is 1. The molecule has 1 rings (SSSR count). The summed E-state index contributed by atoms with van der Waals surface area (Å²) < 4.78 is 26.3. The van der Waals surface area contributed by atoms with Crippen molar-refractivity contribution in [1.29, 1.82) is 0 Å². The van der Waals surface area contributed by atoms with E-state index in [2.05, 4.69) is 4.72 Å². The van der Waals surface area contributed by atoms with Crippen LogP contribution in [0.4, 0.5) is 5.69 Å². The maximum absolute atomic E-state index is 11.9. The van der Waals surface area contributed by atoms with E-state index in [1.807, 2.05) is 0 Å². The van der Waals surface area contributed by atoms with Gasteiger partial charge in [0.25, 0.3) is 0 Å². The molecule has 0 saturated heterocycles. The van der Waals surface area contributed by atoms with Crippen LogP contribution in [-0.4, -0.2) is 26.2 Å². The lowest BCUT2D eigenvalue weighted by Crippen LogP contribution is -2.33. The Hall–Kier alpha value is -1.11. The van der Waals surface area contributed by atoms with Crippen molar-refractivity contribution in [2.45, 2.75) is 31.6 Å². The molecule has 0 bridgehead atoms. The first-order chi connectivity index (χ1) is 8.43. The van der Waals surface area contributed by atoms with Gasteiger partial charge in [0.2, 0.25) is 10.0 Å². The molecule has 5 nitrogen and oxygen atoms in total. The topological polar surface area (TPSA) is 92.4 Å². The monoisotopic (exact) mass is 272 g/mol. The Bertz CT molecular complexity index is 474. The van der Waals surface area contributed by atoms with Crippen LogP contribution < -0.4 is 10.5 Å². The molecule has 0 aliphatic rings. The van der Waals surface area contributed by atoms with Crippen LogP contribution in [0.5, 0.6) is 0 Å². The molecular formula is C12H20N2O3S. The highest BCUT2D eigenvalue weighted by Crippen LogP contribution is 2.10. The van der Waals surface area contributed by atoms with E-state index in [4.69, 9.17) is 10.8 Å². The van der Waals surface area contributed by atoms with Crippen LogP contribution in [0.1, 0.15) is 25.3 Å². The van der Waals surface area contributed by atoms with Crippen molar-refractivity contribution < 1.29 is 13.5 Å². The second-order valence-electron chi connectivity index (χ2n) is 4.39. The van der Waals surface area contributed by atoms with Gasteiger partial charge in [-0.25, -0.2) is 13.1 Å². The van der Waals surface area contributed by atoms with Gasteiger partial charge in [0.15, 0.2) is 0 Å². The van der Waals surface area contributed by atoms with Crippen LogP contribution in [0.25, 0.3) is 0 Å². The van der Waals surface area contributed by atoms with Crippen LogP contribution in [0, 0.1) is 0 Å². The Labute approximate surface area is 108 Å². The number of aliphatic hydroxyl groups is 1. The fourth-order valence-electron chi connectivity index (χ4n) is 1.71. The number of benzene rings is 1. The minimum atomic E-state index is -3.37. The molecule has 1 atom stereocenters. The van der Waals surface area contributed by atoms with E-state index in [0.29, 0.717) is 24.1 Å². The molecule has 0 aliphatic carbocycles. The normalized spacial score (nSPS) is 13.4. The number of nitrogen functional groups attached to an aromatic ring is 1. The Balaban J connectivity index is 2.59. The summed E-state index contributed by atoms with van der Waals surface area (Å²) in [5.74, 6) is -0.0818. The number of anilines is 1. The van der Waals surface area contributed by atoms with Crippen molar-refractivity contribution in [2.24, 2.45) is 0 Å². The summed E-state index contributed by atoms with van der Waals surface area (Å²) >= 11 is 0. The molecule has 0 aliphatic heterocycles. The molecule has 1 aromatic rings. The summed E-state index contributed by atoms with van der Waals surface area (Å²) in [6.07, 6.45) is 1.20. The van der Waals surface area contributed by atoms with Gasteiger partial charge in [0.05, 0.1) is 5.75 Å². The zero-order valence-electron chi connectivity index (χ0n) is 10.5. The Morgan fingerprint density at radius 2 is 2.17 bits per heavy atom. The fraction of sp³-hybridized carbons (Fsp3) is 0.500. The minimum Gasteiger partial charge on any atom is -0.399 e. The van der Waals surface area contributed by atoms with Crippen LogP contribution in [0.3, 0.4) is 0 Å². The van der Waals surface area contributed by atoms with E-state index < -0.39 is 10.0 Å². The van der Waals surface area contributed by atoms with Gasteiger partial charge < -0.3 is 10.8 Å². The highest BCUT2D eigenvalue weighted by atomic mass is 32.2. The van der Waals surface area contributed by atoms with Crippen LogP contribution in [-0.2, 0) is 15.8 Å². The van der Waals surface area contributed by atoms with E-state index in [9.17, 15) is 8.42 Å². The molecule has 6 heteroatoms. The summed E-state index contributed by atoms with van der Waals surface area (Å²) in [6.45, 7) is 1.86. The third kappa shape index (κ3) is 5.48. The first-order valence-corrected chi connectivity index (χ1v) is 7.53. The van der Waals surface area contributed by atoms with Gasteiger partial charge in [-0.2, -0.15) is 0 Å². The predicted molar refractivity (Wildman–Crippen MR) is 72.4 cm³/mol. The lowest BCUT2D eigenvalue weighted by Gasteiger charge is -2.13. The van der Waals surface area contributed by atoms with E-state index in [1.165, 1.54) is 0 Å². The van der Waals surface area contributed by atoms with Crippen LogP contribution in [0.15, 0.2) is 24.3 Å². The Kier molecular flexibility index (Phi) is 5.58. The summed E-state index contributed by atoms with van der Waals surface area (Å²) in [5.41, 5.74) is 6.82. The summed E-state index contributed by atoms with van der Waals surface area (Å²) in [6, 6.07) is 6.65. The predicted octanol–water partition coefficient (Wildman–Crippen LogP) is 0.849. The zero-order chi connectivity index (χ0) is 13.6. The van der Waals surface area contributed by atoms with Crippen molar-refractivity contribution in [1.82, 2.24) is 4.72 Å². The molecule has 4 N–H and O–H groups in total. The Morgan fingerprint density at radius 1 is 1.44 bits per heavy atom. The number of hydrogen-bond acceptors (Lipinski definition) is 4. The van der Waals surface area contributed by atoms with Crippen molar-refractivity contribution in [3.63, 3.8) is 0 Å². The van der Waals surface area contributed by atoms with Gasteiger partial charge in [-0.05, 0) is 37.5 Å². The van der Waals surface area contributed by atoms with Gasteiger partial charge in [-0.1, -0.05) is 12.1 Å². The number of rotatable bonds is 7. The molecule has 0 radical (unpaired) electrons. The average Bonchev–Trinajstić information content (AvgIpc) is 2.24. The average molecular weight is 272 g/mol. The van der Waals surface area contributed by atoms with E-state index in [-0.39, 0.29) is 18.4 Å². The molecule has 1 aromatic carbocycles. The largest absolute Gasteiger partial charge is 0.399 e. The Morgan fingerprint density at radius 3 is 2.78 bits per heavy atom. The third-order valence-corrected chi connectivity index (χ3v) is 3.96. The summed E-state index contributed by atoms with van der Waals surface area (Å²) in [4.78, 5) is 0. The van der Waals surface area contributed by atoms with E-state index in [0.717, 1.165) is 0 Å². The maximum Gasteiger partial charge on any atom is 0.216 e. The smallest absolute Gasteiger partial charge is 0.216 e. The lowest BCUT2D eigenvalue weighted by molar-refractivity contribution is 0.279. The number of hydrogen-bond donors (Lipinski definition) is 3. The van der Waals surface area contributed by atoms with Gasteiger partial charge in [-0.15, -0.1) is 0 Å². The quantitative estimate of drug-likeness (QED) is 0.642. The summed E-state index contributed by atoms with van der Waals surface area (Å²) in [5, 5.41) is 8.69. The molecule has 0 spiro atoms. The van der Waals surface area contributed by atoms with Crippen LogP contribution >= 0.6 is 0 Å². The van der Waals surface area contributed by atoms with Crippen molar-refractivity contribution in [3.05, 3.63) is 29.8 Å². The molecule has 0 saturated carbocycles. The lowest BCUT2D eigenvalue weighted by atomic mass is 10.2. The molecular weight excluding hydrogens is 252 g/mol. The highest BCUT2D eigenvalue weighted by Gasteiger charge is 2.15. The molecule has 0 heterocycles. The summed E-state index contributed by atoms with van der Waals surface area (Å²) in [7, 11) is -3.37. The number of sulfonamides is 1. The highest BCUT2D eigenvalue weighted by molar-refractivity contribution is 7.88. The van der Waals surface area contributed by atoms with Crippen molar-refractivity contribution in [2.75, 3.05) is 12.3 Å². The molecule has 18 heavy (non-hydrogen) atoms. The van der Waals surface area contributed by atoms with E-state index >= 15 is 0 Å². The zero-order valence-corrected chi connectivity index (χ0v) is 11.3. The molecule has 0 amide bonds. The van der Waals surface area contributed by atoms with Crippen LogP contribution in [0.2, 0.25) is 0 Å². The van der Waals surface area contributed by atoms with Gasteiger partial charge in [0.1, 0.15) is 0 Å². The molecule has 1 unspecified atom stereocenters. The third-order valence-electron chi connectivity index (χ3n) is 2.48. The first-order valence-electron chi connectivity index (χ1n) is 5.88. The van der Waals surface area contributed by atoms with Gasteiger partial charge in [0, 0.05) is 18.3 Å².